The second-order valence-corrected chi connectivity index (χ2v) is 7.04. The van der Waals surface area contributed by atoms with Gasteiger partial charge in [-0.2, -0.15) is 0 Å². The zero-order valence-electron chi connectivity index (χ0n) is 15.1. The van der Waals surface area contributed by atoms with Gasteiger partial charge in [-0.05, 0) is 30.0 Å². The maximum Gasteiger partial charge on any atom is 0.235 e. The van der Waals surface area contributed by atoms with Gasteiger partial charge in [0.15, 0.2) is 0 Å². The molecule has 3 aromatic carbocycles. The third kappa shape index (κ3) is 3.92. The summed E-state index contributed by atoms with van der Waals surface area (Å²) in [7, 11) is 0. The summed E-state index contributed by atoms with van der Waals surface area (Å²) < 4.78 is 14.2. The van der Waals surface area contributed by atoms with Crippen LogP contribution in [0.4, 0.5) is 4.39 Å². The Bertz CT molecular complexity index is 866. The standard InChI is InChI=1S/C24H22FNO/c25-22-14-8-7-13-20(22)17-26(21-15-16-21)24(27)23(18-9-3-1-4-10-18)19-11-5-2-6-12-19/h1-14,21,23H,15-17H2. The molecule has 0 atom stereocenters. The van der Waals surface area contributed by atoms with Crippen molar-refractivity contribution >= 4 is 5.91 Å². The number of hydrogen-bond donors (Lipinski definition) is 0. The fourth-order valence-electron chi connectivity index (χ4n) is 3.52. The molecule has 1 saturated carbocycles. The minimum Gasteiger partial charge on any atom is -0.334 e. The third-order valence-corrected chi connectivity index (χ3v) is 5.08. The molecular weight excluding hydrogens is 337 g/mol. The molecular formula is C24H22FNO. The van der Waals surface area contributed by atoms with Crippen LogP contribution in [0.5, 0.6) is 0 Å². The number of nitrogens with zero attached hydrogens (tertiary/aromatic N) is 1. The fourth-order valence-corrected chi connectivity index (χ4v) is 3.52. The van der Waals surface area contributed by atoms with Crippen molar-refractivity contribution in [1.29, 1.82) is 0 Å². The zero-order valence-corrected chi connectivity index (χ0v) is 15.1. The molecule has 3 aromatic rings. The Balaban J connectivity index is 1.70. The smallest absolute Gasteiger partial charge is 0.235 e. The van der Waals surface area contributed by atoms with Crippen LogP contribution in [0.2, 0.25) is 0 Å². The van der Waals surface area contributed by atoms with Crippen molar-refractivity contribution in [3.05, 3.63) is 107 Å². The normalized spacial score (nSPS) is 13.6. The summed E-state index contributed by atoms with van der Waals surface area (Å²) in [4.78, 5) is 15.5. The predicted octanol–water partition coefficient (Wildman–Crippen LogP) is 5.15. The van der Waals surface area contributed by atoms with Crippen molar-refractivity contribution in [2.24, 2.45) is 0 Å². The van der Waals surface area contributed by atoms with Gasteiger partial charge in [0.25, 0.3) is 0 Å². The van der Waals surface area contributed by atoms with E-state index in [4.69, 9.17) is 0 Å². The van der Waals surface area contributed by atoms with E-state index in [0.29, 0.717) is 12.1 Å². The topological polar surface area (TPSA) is 20.3 Å². The van der Waals surface area contributed by atoms with Crippen LogP contribution in [0.3, 0.4) is 0 Å². The highest BCUT2D eigenvalue weighted by Gasteiger charge is 2.37. The molecule has 0 unspecified atom stereocenters. The van der Waals surface area contributed by atoms with E-state index < -0.39 is 0 Å². The molecule has 4 rings (SSSR count). The lowest BCUT2D eigenvalue weighted by atomic mass is 9.89. The van der Waals surface area contributed by atoms with E-state index in [0.717, 1.165) is 24.0 Å². The minimum atomic E-state index is -0.375. The molecule has 0 saturated heterocycles. The number of carbonyl (C=O) groups excluding carboxylic acids is 1. The van der Waals surface area contributed by atoms with E-state index in [-0.39, 0.29) is 23.7 Å². The van der Waals surface area contributed by atoms with Crippen LogP contribution < -0.4 is 0 Å². The highest BCUT2D eigenvalue weighted by Crippen LogP contribution is 2.34. The number of rotatable bonds is 6. The average Bonchev–Trinajstić information content (AvgIpc) is 3.54. The molecule has 0 spiro atoms. The molecule has 0 radical (unpaired) electrons. The van der Waals surface area contributed by atoms with Gasteiger partial charge in [-0.25, -0.2) is 4.39 Å². The lowest BCUT2D eigenvalue weighted by molar-refractivity contribution is -0.133. The van der Waals surface area contributed by atoms with E-state index in [1.54, 1.807) is 12.1 Å². The van der Waals surface area contributed by atoms with Crippen molar-refractivity contribution in [1.82, 2.24) is 4.90 Å². The second-order valence-electron chi connectivity index (χ2n) is 7.04. The molecule has 1 aliphatic rings. The molecule has 0 aromatic heterocycles. The van der Waals surface area contributed by atoms with E-state index in [1.165, 1.54) is 6.07 Å². The van der Waals surface area contributed by atoms with Gasteiger partial charge in [0.1, 0.15) is 5.82 Å². The van der Waals surface area contributed by atoms with Crippen LogP contribution >= 0.6 is 0 Å². The Labute approximate surface area is 159 Å². The average molecular weight is 359 g/mol. The first kappa shape index (κ1) is 17.5. The zero-order chi connectivity index (χ0) is 18.6. The Kier molecular flexibility index (Phi) is 5.01. The summed E-state index contributed by atoms with van der Waals surface area (Å²) in [5.74, 6) is -0.593. The molecule has 2 nitrogen and oxygen atoms in total. The van der Waals surface area contributed by atoms with E-state index in [1.807, 2.05) is 71.6 Å². The van der Waals surface area contributed by atoms with Crippen LogP contribution in [0.15, 0.2) is 84.9 Å². The number of benzene rings is 3. The van der Waals surface area contributed by atoms with Crippen molar-refractivity contribution in [3.63, 3.8) is 0 Å². The molecule has 3 heteroatoms. The number of amides is 1. The van der Waals surface area contributed by atoms with Crippen LogP contribution in [-0.2, 0) is 11.3 Å². The first-order valence-electron chi connectivity index (χ1n) is 9.38. The monoisotopic (exact) mass is 359 g/mol. The van der Waals surface area contributed by atoms with Crippen molar-refractivity contribution in [2.75, 3.05) is 0 Å². The first-order chi connectivity index (χ1) is 13.2. The number of hydrogen-bond acceptors (Lipinski definition) is 1. The summed E-state index contributed by atoms with van der Waals surface area (Å²) in [5.41, 5.74) is 2.50. The molecule has 0 bridgehead atoms. The van der Waals surface area contributed by atoms with E-state index in [2.05, 4.69) is 0 Å². The third-order valence-electron chi connectivity index (χ3n) is 5.08. The Hall–Kier alpha value is -2.94. The van der Waals surface area contributed by atoms with Gasteiger partial charge < -0.3 is 4.90 Å². The Morgan fingerprint density at radius 3 is 1.89 bits per heavy atom. The highest BCUT2D eigenvalue weighted by molar-refractivity contribution is 5.87. The van der Waals surface area contributed by atoms with E-state index in [9.17, 15) is 9.18 Å². The molecule has 0 heterocycles. The Morgan fingerprint density at radius 1 is 0.852 bits per heavy atom. The van der Waals surface area contributed by atoms with Crippen LogP contribution in [0.25, 0.3) is 0 Å². The first-order valence-corrected chi connectivity index (χ1v) is 9.38. The van der Waals surface area contributed by atoms with Crippen LogP contribution in [0, 0.1) is 5.82 Å². The van der Waals surface area contributed by atoms with Crippen molar-refractivity contribution in [2.45, 2.75) is 31.3 Å². The van der Waals surface area contributed by atoms with Crippen molar-refractivity contribution < 1.29 is 9.18 Å². The molecule has 27 heavy (non-hydrogen) atoms. The van der Waals surface area contributed by atoms with Crippen LogP contribution in [-0.4, -0.2) is 16.8 Å². The summed E-state index contributed by atoms with van der Waals surface area (Å²) in [6.07, 6.45) is 1.97. The summed E-state index contributed by atoms with van der Waals surface area (Å²) in [6, 6.07) is 26.6. The van der Waals surface area contributed by atoms with Gasteiger partial charge in [0, 0.05) is 18.2 Å². The van der Waals surface area contributed by atoms with Gasteiger partial charge in [-0.15, -0.1) is 0 Å². The lowest BCUT2D eigenvalue weighted by Gasteiger charge is -2.28. The largest absolute Gasteiger partial charge is 0.334 e. The minimum absolute atomic E-state index is 0.0400. The second kappa shape index (κ2) is 7.75. The maximum atomic E-state index is 14.2. The quantitative estimate of drug-likeness (QED) is 0.596. The molecule has 1 amide bonds. The SMILES string of the molecule is O=C(C(c1ccccc1)c1ccccc1)N(Cc1ccccc1F)C1CC1. The van der Waals surface area contributed by atoms with Gasteiger partial charge in [0.2, 0.25) is 5.91 Å². The van der Waals surface area contributed by atoms with Crippen LogP contribution in [0.1, 0.15) is 35.4 Å². The summed E-state index contributed by atoms with van der Waals surface area (Å²) in [5, 5.41) is 0. The lowest BCUT2D eigenvalue weighted by Crippen LogP contribution is -2.37. The molecule has 1 fully saturated rings. The Morgan fingerprint density at radius 2 is 1.37 bits per heavy atom. The highest BCUT2D eigenvalue weighted by atomic mass is 19.1. The fraction of sp³-hybridized carbons (Fsp3) is 0.208. The van der Waals surface area contributed by atoms with Gasteiger partial charge in [-0.1, -0.05) is 78.9 Å². The van der Waals surface area contributed by atoms with Gasteiger partial charge in [-0.3, -0.25) is 4.79 Å². The molecule has 0 aliphatic heterocycles. The molecule has 136 valence electrons. The number of halogens is 1. The maximum absolute atomic E-state index is 14.2. The summed E-state index contributed by atoms with van der Waals surface area (Å²) >= 11 is 0. The van der Waals surface area contributed by atoms with Gasteiger partial charge in [0.05, 0.1) is 5.92 Å². The molecule has 1 aliphatic carbocycles. The summed E-state index contributed by atoms with van der Waals surface area (Å²) in [6.45, 7) is 0.312. The van der Waals surface area contributed by atoms with E-state index >= 15 is 0 Å². The van der Waals surface area contributed by atoms with Crippen molar-refractivity contribution in [3.8, 4) is 0 Å². The predicted molar refractivity (Wildman–Crippen MR) is 105 cm³/mol. The number of carbonyl (C=O) groups is 1. The molecule has 0 N–H and O–H groups in total. The van der Waals surface area contributed by atoms with Gasteiger partial charge >= 0.3 is 0 Å².